The van der Waals surface area contributed by atoms with Gasteiger partial charge in [-0.15, -0.1) is 0 Å². The molecule has 0 unspecified atom stereocenters. The van der Waals surface area contributed by atoms with Gasteiger partial charge in [-0.25, -0.2) is 9.97 Å². The van der Waals surface area contributed by atoms with E-state index in [0.717, 1.165) is 5.56 Å². The quantitative estimate of drug-likeness (QED) is 0.822. The zero-order valence-corrected chi connectivity index (χ0v) is 13.2. The highest BCUT2D eigenvalue weighted by atomic mass is 35.5. The maximum absolute atomic E-state index is 6.19. The molecule has 0 saturated carbocycles. The van der Waals surface area contributed by atoms with Gasteiger partial charge < -0.3 is 14.8 Å². The van der Waals surface area contributed by atoms with E-state index in [2.05, 4.69) is 15.3 Å². The molecular weight excluding hydrogens is 313 g/mol. The number of nitrogens with one attached hydrogen (secondary N) is 1. The molecule has 0 aliphatic heterocycles. The van der Waals surface area contributed by atoms with Crippen LogP contribution in [0.3, 0.4) is 0 Å². The van der Waals surface area contributed by atoms with Crippen molar-refractivity contribution in [3.63, 3.8) is 0 Å². The molecule has 0 bridgehead atoms. The average Bonchev–Trinajstić information content (AvgIpc) is 2.45. The van der Waals surface area contributed by atoms with Crippen LogP contribution in [0.4, 0.5) is 5.82 Å². The summed E-state index contributed by atoms with van der Waals surface area (Å²) in [4.78, 5) is 8.38. The van der Waals surface area contributed by atoms with Crippen molar-refractivity contribution in [1.29, 1.82) is 0 Å². The number of anilines is 1. The summed E-state index contributed by atoms with van der Waals surface area (Å²) in [7, 11) is 3.18. The second-order valence-corrected chi connectivity index (χ2v) is 4.99. The van der Waals surface area contributed by atoms with Crippen molar-refractivity contribution < 1.29 is 9.47 Å². The molecule has 2 aromatic rings. The van der Waals surface area contributed by atoms with E-state index in [1.54, 1.807) is 20.3 Å². The molecule has 1 heterocycles. The molecule has 2 rings (SSSR count). The van der Waals surface area contributed by atoms with E-state index in [9.17, 15) is 0 Å². The van der Waals surface area contributed by atoms with Gasteiger partial charge in [-0.2, -0.15) is 0 Å². The highest BCUT2D eigenvalue weighted by molar-refractivity contribution is 6.31. The fourth-order valence-electron chi connectivity index (χ4n) is 1.83. The zero-order valence-electron chi connectivity index (χ0n) is 11.7. The number of methoxy groups -OCH3 is 2. The third-order valence-electron chi connectivity index (χ3n) is 2.76. The average molecular weight is 328 g/mol. The van der Waals surface area contributed by atoms with Crippen LogP contribution in [0.25, 0.3) is 0 Å². The van der Waals surface area contributed by atoms with Gasteiger partial charge >= 0.3 is 0 Å². The Kier molecular flexibility index (Phi) is 5.61. The van der Waals surface area contributed by atoms with Crippen LogP contribution in [0.2, 0.25) is 10.2 Å². The van der Waals surface area contributed by atoms with Crippen molar-refractivity contribution in [3.05, 3.63) is 45.8 Å². The molecule has 5 nitrogen and oxygen atoms in total. The normalized spacial score (nSPS) is 10.5. The van der Waals surface area contributed by atoms with E-state index in [4.69, 9.17) is 32.7 Å². The van der Waals surface area contributed by atoms with E-state index >= 15 is 0 Å². The summed E-state index contributed by atoms with van der Waals surface area (Å²) in [5, 5.41) is 4.14. The standard InChI is InChI=1S/C14H15Cl2N3O2/c1-20-8-14-18-12(16)6-13(19-14)17-7-9-10(15)4-3-5-11(9)21-2/h3-6H,7-8H2,1-2H3,(H,17,18,19). The monoisotopic (exact) mass is 327 g/mol. The molecule has 0 aliphatic carbocycles. The summed E-state index contributed by atoms with van der Waals surface area (Å²) >= 11 is 12.1. The predicted molar refractivity (Wildman–Crippen MR) is 83.1 cm³/mol. The molecule has 1 aromatic carbocycles. The van der Waals surface area contributed by atoms with Gasteiger partial charge in [-0.1, -0.05) is 29.3 Å². The molecule has 0 aliphatic rings. The highest BCUT2D eigenvalue weighted by Crippen LogP contribution is 2.27. The number of ether oxygens (including phenoxy) is 2. The molecule has 112 valence electrons. The van der Waals surface area contributed by atoms with Crippen LogP contribution in [0.1, 0.15) is 11.4 Å². The minimum Gasteiger partial charge on any atom is -0.496 e. The van der Waals surface area contributed by atoms with Crippen molar-refractivity contribution >= 4 is 29.0 Å². The first-order chi connectivity index (χ1) is 10.1. The van der Waals surface area contributed by atoms with E-state index < -0.39 is 0 Å². The number of aromatic nitrogens is 2. The predicted octanol–water partition coefficient (Wildman–Crippen LogP) is 3.55. The summed E-state index contributed by atoms with van der Waals surface area (Å²) in [6, 6.07) is 7.14. The lowest BCUT2D eigenvalue weighted by molar-refractivity contribution is 0.178. The van der Waals surface area contributed by atoms with Crippen LogP contribution >= 0.6 is 23.2 Å². The lowest BCUT2D eigenvalue weighted by Crippen LogP contribution is -2.06. The molecule has 0 fully saturated rings. The van der Waals surface area contributed by atoms with Crippen molar-refractivity contribution in [2.45, 2.75) is 13.2 Å². The zero-order chi connectivity index (χ0) is 15.2. The van der Waals surface area contributed by atoms with Gasteiger partial charge in [0.25, 0.3) is 0 Å². The Morgan fingerprint density at radius 1 is 1.19 bits per heavy atom. The van der Waals surface area contributed by atoms with Crippen LogP contribution in [-0.2, 0) is 17.9 Å². The second kappa shape index (κ2) is 7.45. The van der Waals surface area contributed by atoms with Crippen LogP contribution < -0.4 is 10.1 Å². The van der Waals surface area contributed by atoms with Crippen LogP contribution in [-0.4, -0.2) is 24.2 Å². The van der Waals surface area contributed by atoms with Crippen molar-refractivity contribution in [2.24, 2.45) is 0 Å². The molecule has 0 atom stereocenters. The first-order valence-corrected chi connectivity index (χ1v) is 6.97. The van der Waals surface area contributed by atoms with Gasteiger partial charge in [0.15, 0.2) is 5.82 Å². The largest absolute Gasteiger partial charge is 0.496 e. The summed E-state index contributed by atoms with van der Waals surface area (Å²) in [6.07, 6.45) is 0. The smallest absolute Gasteiger partial charge is 0.158 e. The lowest BCUT2D eigenvalue weighted by atomic mass is 10.2. The minimum atomic E-state index is 0.296. The number of hydrogen-bond donors (Lipinski definition) is 1. The Labute approximate surface area is 133 Å². The SMILES string of the molecule is COCc1nc(Cl)cc(NCc2c(Cl)cccc2OC)n1. The summed E-state index contributed by atoms with van der Waals surface area (Å²) in [6.45, 7) is 0.757. The van der Waals surface area contributed by atoms with E-state index in [1.807, 2.05) is 18.2 Å². The Morgan fingerprint density at radius 3 is 2.71 bits per heavy atom. The molecule has 21 heavy (non-hydrogen) atoms. The summed E-state index contributed by atoms with van der Waals surface area (Å²) in [5.74, 6) is 1.83. The lowest BCUT2D eigenvalue weighted by Gasteiger charge is -2.12. The van der Waals surface area contributed by atoms with E-state index in [0.29, 0.717) is 40.7 Å². The third kappa shape index (κ3) is 4.20. The van der Waals surface area contributed by atoms with Crippen molar-refractivity contribution in [1.82, 2.24) is 9.97 Å². The van der Waals surface area contributed by atoms with Crippen LogP contribution in [0, 0.1) is 0 Å². The van der Waals surface area contributed by atoms with Gasteiger partial charge in [-0.05, 0) is 12.1 Å². The Morgan fingerprint density at radius 2 is 2.00 bits per heavy atom. The summed E-state index contributed by atoms with van der Waals surface area (Å²) in [5.41, 5.74) is 0.852. The number of hydrogen-bond acceptors (Lipinski definition) is 5. The fraction of sp³-hybridized carbons (Fsp3) is 0.286. The number of nitrogens with zero attached hydrogens (tertiary/aromatic N) is 2. The molecule has 7 heteroatoms. The molecule has 0 radical (unpaired) electrons. The number of rotatable bonds is 6. The third-order valence-corrected chi connectivity index (χ3v) is 3.30. The number of halogens is 2. The highest BCUT2D eigenvalue weighted by Gasteiger charge is 2.09. The van der Waals surface area contributed by atoms with Crippen molar-refractivity contribution in [2.75, 3.05) is 19.5 Å². The minimum absolute atomic E-state index is 0.296. The molecule has 0 saturated heterocycles. The summed E-state index contributed by atoms with van der Waals surface area (Å²) < 4.78 is 10.3. The molecule has 1 N–H and O–H groups in total. The maximum Gasteiger partial charge on any atom is 0.158 e. The van der Waals surface area contributed by atoms with Gasteiger partial charge in [0, 0.05) is 30.3 Å². The van der Waals surface area contributed by atoms with Crippen molar-refractivity contribution in [3.8, 4) is 5.75 Å². The van der Waals surface area contributed by atoms with Crippen LogP contribution in [0.15, 0.2) is 24.3 Å². The Hall–Kier alpha value is -1.56. The molecule has 0 amide bonds. The molecule has 0 spiro atoms. The number of benzene rings is 1. The first kappa shape index (κ1) is 15.8. The van der Waals surface area contributed by atoms with E-state index in [1.165, 1.54) is 0 Å². The first-order valence-electron chi connectivity index (χ1n) is 6.21. The van der Waals surface area contributed by atoms with E-state index in [-0.39, 0.29) is 0 Å². The Balaban J connectivity index is 2.16. The maximum atomic E-state index is 6.19. The molecular formula is C14H15Cl2N3O2. The topological polar surface area (TPSA) is 56.3 Å². The second-order valence-electron chi connectivity index (χ2n) is 4.20. The fourth-order valence-corrected chi connectivity index (χ4v) is 2.26. The molecule has 1 aromatic heterocycles. The Bertz CT molecular complexity index is 623. The van der Waals surface area contributed by atoms with Gasteiger partial charge in [0.05, 0.1) is 7.11 Å². The van der Waals surface area contributed by atoms with Crippen LogP contribution in [0.5, 0.6) is 5.75 Å². The van der Waals surface area contributed by atoms with Gasteiger partial charge in [0.2, 0.25) is 0 Å². The van der Waals surface area contributed by atoms with Gasteiger partial charge in [-0.3, -0.25) is 0 Å². The van der Waals surface area contributed by atoms with Gasteiger partial charge in [0.1, 0.15) is 23.3 Å².